The molecule has 204 valence electrons. The standard InChI is InChI=1S/C29H42N2O5S/c1-5-19-37-20-7-16-31(29(34)30-25-12-10-24(11-13-25)22(3)4)17-18-36-26-14-8-23(9-15-26)21-27(28(32)33)35-6-2/h8-15,22,27H,5-7,16-21H2,1-4H3,(H,30,34)(H,32,33). The first-order valence-electron chi connectivity index (χ1n) is 13.1. The number of benzene rings is 2. The molecule has 0 saturated carbocycles. The fourth-order valence-electron chi connectivity index (χ4n) is 3.70. The van der Waals surface area contributed by atoms with Crippen LogP contribution >= 0.6 is 11.8 Å². The molecule has 8 heteroatoms. The lowest BCUT2D eigenvalue weighted by Gasteiger charge is -2.23. The molecular weight excluding hydrogens is 488 g/mol. The Morgan fingerprint density at radius 3 is 2.30 bits per heavy atom. The largest absolute Gasteiger partial charge is 0.492 e. The van der Waals surface area contributed by atoms with Gasteiger partial charge in [-0.25, -0.2) is 9.59 Å². The second kappa shape index (κ2) is 16.9. The average molecular weight is 531 g/mol. The summed E-state index contributed by atoms with van der Waals surface area (Å²) in [5.74, 6) is 2.30. The van der Waals surface area contributed by atoms with Gasteiger partial charge in [0.2, 0.25) is 0 Å². The summed E-state index contributed by atoms with van der Waals surface area (Å²) in [6.45, 7) is 10.1. The van der Waals surface area contributed by atoms with Gasteiger partial charge in [-0.05, 0) is 72.6 Å². The van der Waals surface area contributed by atoms with Gasteiger partial charge in [0.25, 0.3) is 0 Å². The number of nitrogens with zero attached hydrogens (tertiary/aromatic N) is 1. The van der Waals surface area contributed by atoms with E-state index < -0.39 is 12.1 Å². The number of aliphatic carboxylic acids is 1. The Kier molecular flexibility index (Phi) is 14.0. The molecule has 0 aliphatic heterocycles. The molecule has 0 spiro atoms. The molecule has 2 amide bonds. The van der Waals surface area contributed by atoms with Crippen molar-refractivity contribution in [3.05, 3.63) is 59.7 Å². The van der Waals surface area contributed by atoms with E-state index >= 15 is 0 Å². The van der Waals surface area contributed by atoms with Crippen LogP contribution in [0.15, 0.2) is 48.5 Å². The van der Waals surface area contributed by atoms with Crippen molar-refractivity contribution < 1.29 is 24.2 Å². The second-order valence-corrected chi connectivity index (χ2v) is 10.4. The number of carboxylic acid groups (broad SMARTS) is 1. The van der Waals surface area contributed by atoms with Crippen molar-refractivity contribution in [1.29, 1.82) is 0 Å². The normalized spacial score (nSPS) is 11.8. The molecule has 2 aromatic carbocycles. The highest BCUT2D eigenvalue weighted by Gasteiger charge is 2.18. The van der Waals surface area contributed by atoms with Crippen LogP contribution in [0.2, 0.25) is 0 Å². The van der Waals surface area contributed by atoms with Gasteiger partial charge in [0, 0.05) is 25.3 Å². The van der Waals surface area contributed by atoms with E-state index in [-0.39, 0.29) is 6.03 Å². The number of hydrogen-bond donors (Lipinski definition) is 2. The fourth-order valence-corrected chi connectivity index (χ4v) is 4.53. The Morgan fingerprint density at radius 2 is 1.70 bits per heavy atom. The number of carbonyl (C=O) groups excluding carboxylic acids is 1. The lowest BCUT2D eigenvalue weighted by atomic mass is 10.0. The summed E-state index contributed by atoms with van der Waals surface area (Å²) in [6, 6.07) is 15.2. The van der Waals surface area contributed by atoms with Crippen LogP contribution in [0.3, 0.4) is 0 Å². The quantitative estimate of drug-likeness (QED) is 0.234. The number of ether oxygens (including phenoxy) is 2. The van der Waals surface area contributed by atoms with Crippen molar-refractivity contribution >= 4 is 29.4 Å². The molecule has 2 N–H and O–H groups in total. The molecule has 2 rings (SSSR count). The van der Waals surface area contributed by atoms with E-state index in [9.17, 15) is 14.7 Å². The Hall–Kier alpha value is -2.71. The third-order valence-corrected chi connectivity index (χ3v) is 7.07. The van der Waals surface area contributed by atoms with Gasteiger partial charge >= 0.3 is 12.0 Å². The molecule has 1 unspecified atom stereocenters. The molecular formula is C29H42N2O5S. The molecule has 0 bridgehead atoms. The molecule has 0 aliphatic carbocycles. The molecule has 2 aromatic rings. The van der Waals surface area contributed by atoms with E-state index in [2.05, 4.69) is 26.1 Å². The highest BCUT2D eigenvalue weighted by molar-refractivity contribution is 7.99. The number of urea groups is 1. The number of rotatable bonds is 17. The molecule has 0 saturated heterocycles. The number of carboxylic acids is 1. The van der Waals surface area contributed by atoms with Gasteiger partial charge in [0.05, 0.1) is 6.54 Å². The predicted octanol–water partition coefficient (Wildman–Crippen LogP) is 6.29. The first-order chi connectivity index (χ1) is 17.8. The molecule has 0 aromatic heterocycles. The number of anilines is 1. The van der Waals surface area contributed by atoms with E-state index in [1.165, 1.54) is 5.56 Å². The zero-order chi connectivity index (χ0) is 27.0. The Morgan fingerprint density at radius 1 is 1.00 bits per heavy atom. The lowest BCUT2D eigenvalue weighted by Crippen LogP contribution is -2.38. The number of hydrogen-bond acceptors (Lipinski definition) is 5. The zero-order valence-electron chi connectivity index (χ0n) is 22.6. The highest BCUT2D eigenvalue weighted by Crippen LogP contribution is 2.18. The first kappa shape index (κ1) is 30.5. The topological polar surface area (TPSA) is 88.1 Å². The molecule has 7 nitrogen and oxygen atoms in total. The van der Waals surface area contributed by atoms with Crippen molar-refractivity contribution in [3.8, 4) is 5.75 Å². The molecule has 0 aliphatic rings. The molecule has 1 atom stereocenters. The minimum absolute atomic E-state index is 0.132. The van der Waals surface area contributed by atoms with Crippen molar-refractivity contribution in [2.24, 2.45) is 0 Å². The van der Waals surface area contributed by atoms with Crippen LogP contribution in [-0.4, -0.2) is 65.9 Å². The Labute approximate surface area is 225 Å². The van der Waals surface area contributed by atoms with E-state index in [0.717, 1.165) is 35.6 Å². The van der Waals surface area contributed by atoms with Gasteiger partial charge in [-0.2, -0.15) is 11.8 Å². The molecule has 0 radical (unpaired) electrons. The van der Waals surface area contributed by atoms with Crippen LogP contribution in [0.1, 0.15) is 57.6 Å². The third-order valence-electron chi connectivity index (χ3n) is 5.80. The fraction of sp³-hybridized carbons (Fsp3) is 0.517. The number of carbonyl (C=O) groups is 2. The van der Waals surface area contributed by atoms with Gasteiger partial charge < -0.3 is 24.8 Å². The monoisotopic (exact) mass is 530 g/mol. The maximum atomic E-state index is 13.0. The maximum absolute atomic E-state index is 13.0. The zero-order valence-corrected chi connectivity index (χ0v) is 23.4. The predicted molar refractivity (Wildman–Crippen MR) is 152 cm³/mol. The number of amides is 2. The minimum atomic E-state index is -0.968. The molecule has 0 fully saturated rings. The Bertz CT molecular complexity index is 934. The van der Waals surface area contributed by atoms with Crippen molar-refractivity contribution in [3.63, 3.8) is 0 Å². The van der Waals surface area contributed by atoms with Crippen LogP contribution in [0.5, 0.6) is 5.75 Å². The van der Waals surface area contributed by atoms with E-state index in [0.29, 0.717) is 44.4 Å². The third kappa shape index (κ3) is 11.5. The van der Waals surface area contributed by atoms with Crippen LogP contribution in [0.25, 0.3) is 0 Å². The summed E-state index contributed by atoms with van der Waals surface area (Å²) < 4.78 is 11.2. The lowest BCUT2D eigenvalue weighted by molar-refractivity contribution is -0.149. The summed E-state index contributed by atoms with van der Waals surface area (Å²) in [4.78, 5) is 26.2. The van der Waals surface area contributed by atoms with Crippen molar-refractivity contribution in [2.75, 3.05) is 43.1 Å². The molecule has 37 heavy (non-hydrogen) atoms. The van der Waals surface area contributed by atoms with Gasteiger partial charge in [-0.15, -0.1) is 0 Å². The van der Waals surface area contributed by atoms with Crippen LogP contribution in [0, 0.1) is 0 Å². The summed E-state index contributed by atoms with van der Waals surface area (Å²) in [5.41, 5.74) is 2.88. The van der Waals surface area contributed by atoms with Crippen molar-refractivity contribution in [2.45, 2.75) is 59.0 Å². The van der Waals surface area contributed by atoms with Crippen LogP contribution in [0.4, 0.5) is 10.5 Å². The smallest absolute Gasteiger partial charge is 0.333 e. The van der Waals surface area contributed by atoms with Crippen LogP contribution < -0.4 is 10.1 Å². The van der Waals surface area contributed by atoms with Gasteiger partial charge in [-0.3, -0.25) is 0 Å². The first-order valence-corrected chi connectivity index (χ1v) is 14.3. The van der Waals surface area contributed by atoms with E-state index in [4.69, 9.17) is 9.47 Å². The SMILES string of the molecule is CCCSCCCN(CCOc1ccc(CC(OCC)C(=O)O)cc1)C(=O)Nc1ccc(C(C)C)cc1. The average Bonchev–Trinajstić information content (AvgIpc) is 2.88. The number of nitrogens with one attached hydrogen (secondary N) is 1. The second-order valence-electron chi connectivity index (χ2n) is 9.14. The van der Waals surface area contributed by atoms with Crippen molar-refractivity contribution in [1.82, 2.24) is 4.90 Å². The van der Waals surface area contributed by atoms with Gasteiger partial charge in [0.1, 0.15) is 12.4 Å². The summed E-state index contributed by atoms with van der Waals surface area (Å²) in [6.07, 6.45) is 1.51. The van der Waals surface area contributed by atoms with E-state index in [1.807, 2.05) is 60.3 Å². The Balaban J connectivity index is 1.92. The van der Waals surface area contributed by atoms with Gasteiger partial charge in [-0.1, -0.05) is 45.0 Å². The van der Waals surface area contributed by atoms with Crippen LogP contribution in [-0.2, 0) is 16.0 Å². The summed E-state index contributed by atoms with van der Waals surface area (Å²) in [7, 11) is 0. The minimum Gasteiger partial charge on any atom is -0.492 e. The number of thioether (sulfide) groups is 1. The molecule has 0 heterocycles. The maximum Gasteiger partial charge on any atom is 0.333 e. The van der Waals surface area contributed by atoms with E-state index in [1.54, 1.807) is 11.8 Å². The summed E-state index contributed by atoms with van der Waals surface area (Å²) >= 11 is 1.91. The van der Waals surface area contributed by atoms with Gasteiger partial charge in [0.15, 0.2) is 6.10 Å². The summed E-state index contributed by atoms with van der Waals surface area (Å²) in [5, 5.41) is 12.3. The highest BCUT2D eigenvalue weighted by atomic mass is 32.2.